The van der Waals surface area contributed by atoms with Gasteiger partial charge in [0.05, 0.1) is 0 Å². The molecule has 0 N–H and O–H groups in total. The normalized spacial score (nSPS) is 24.7. The highest BCUT2D eigenvalue weighted by molar-refractivity contribution is 7.96. The summed E-state index contributed by atoms with van der Waals surface area (Å²) >= 11 is 1.87. The monoisotopic (exact) mass is 163 g/mol. The van der Waals surface area contributed by atoms with Gasteiger partial charge in [0.15, 0.2) is 0 Å². The van der Waals surface area contributed by atoms with Gasteiger partial charge in [-0.2, -0.15) is 0 Å². The van der Waals surface area contributed by atoms with Crippen LogP contribution >= 0.6 is 21.2 Å². The standard InChI is InChI=1S/C6H14NPS/c1-9-7-4-2-6(8)3-5-7/h6H,2-5,8H2,1H3. The van der Waals surface area contributed by atoms with Gasteiger partial charge in [0.1, 0.15) is 0 Å². The molecule has 54 valence electrons. The van der Waals surface area contributed by atoms with Crippen molar-refractivity contribution in [2.24, 2.45) is 0 Å². The van der Waals surface area contributed by atoms with Crippen molar-refractivity contribution >= 4 is 21.2 Å². The summed E-state index contributed by atoms with van der Waals surface area (Å²) in [6.45, 7) is 2.55. The van der Waals surface area contributed by atoms with E-state index in [1.165, 1.54) is 25.9 Å². The molecule has 0 aromatic heterocycles. The molecule has 0 spiro atoms. The molecule has 0 saturated carbocycles. The summed E-state index contributed by atoms with van der Waals surface area (Å²) in [4.78, 5) is 0. The third-order valence-corrected chi connectivity index (χ3v) is 3.30. The van der Waals surface area contributed by atoms with E-state index in [2.05, 4.69) is 19.8 Å². The quantitative estimate of drug-likeness (QED) is 0.426. The van der Waals surface area contributed by atoms with E-state index >= 15 is 0 Å². The Hall–Kier alpha value is 0.740. The van der Waals surface area contributed by atoms with Gasteiger partial charge in [-0.25, -0.2) is 0 Å². The summed E-state index contributed by atoms with van der Waals surface area (Å²) in [5.74, 6) is 0. The lowest BCUT2D eigenvalue weighted by molar-refractivity contribution is 0.389. The van der Waals surface area contributed by atoms with Gasteiger partial charge in [-0.05, 0) is 24.8 Å². The van der Waals surface area contributed by atoms with Crippen molar-refractivity contribution in [1.82, 2.24) is 4.31 Å². The highest BCUT2D eigenvalue weighted by Crippen LogP contribution is 2.20. The first kappa shape index (κ1) is 7.84. The van der Waals surface area contributed by atoms with Gasteiger partial charge >= 0.3 is 0 Å². The van der Waals surface area contributed by atoms with E-state index in [9.17, 15) is 0 Å². The maximum Gasteiger partial charge on any atom is 0.00950 e. The molecular weight excluding hydrogens is 149 g/mol. The Morgan fingerprint density at radius 1 is 1.44 bits per heavy atom. The Bertz CT molecular complexity index is 81.1. The molecule has 3 heteroatoms. The molecule has 0 amide bonds. The van der Waals surface area contributed by atoms with Gasteiger partial charge < -0.3 is 0 Å². The smallest absolute Gasteiger partial charge is 0.00950 e. The summed E-state index contributed by atoms with van der Waals surface area (Å²) in [6, 6.07) is 0. The predicted molar refractivity (Wildman–Crippen MR) is 47.8 cm³/mol. The zero-order chi connectivity index (χ0) is 6.69. The fourth-order valence-corrected chi connectivity index (χ4v) is 1.93. The molecule has 1 fully saturated rings. The van der Waals surface area contributed by atoms with Crippen molar-refractivity contribution in [2.75, 3.05) is 19.3 Å². The maximum absolute atomic E-state index is 2.91. The largest absolute Gasteiger partial charge is 0.251 e. The summed E-state index contributed by atoms with van der Waals surface area (Å²) in [7, 11) is 2.91. The molecule has 0 radical (unpaired) electrons. The molecule has 1 aliphatic rings. The minimum atomic E-state index is 0.883. The molecule has 1 saturated heterocycles. The Morgan fingerprint density at radius 2 is 2.00 bits per heavy atom. The van der Waals surface area contributed by atoms with Crippen molar-refractivity contribution < 1.29 is 0 Å². The second kappa shape index (κ2) is 3.80. The topological polar surface area (TPSA) is 3.24 Å². The predicted octanol–water partition coefficient (Wildman–Crippen LogP) is 1.60. The summed E-state index contributed by atoms with van der Waals surface area (Å²) in [6.07, 6.45) is 4.86. The minimum absolute atomic E-state index is 0.883. The zero-order valence-electron chi connectivity index (χ0n) is 5.84. The van der Waals surface area contributed by atoms with Crippen LogP contribution in [0.1, 0.15) is 12.8 Å². The van der Waals surface area contributed by atoms with Gasteiger partial charge in [0.25, 0.3) is 0 Å². The molecule has 9 heavy (non-hydrogen) atoms. The molecule has 0 bridgehead atoms. The van der Waals surface area contributed by atoms with E-state index in [0.717, 1.165) is 5.66 Å². The van der Waals surface area contributed by atoms with Crippen LogP contribution in [-0.4, -0.2) is 29.3 Å². The van der Waals surface area contributed by atoms with Crippen LogP contribution in [0.5, 0.6) is 0 Å². The Kier molecular flexibility index (Phi) is 3.31. The molecule has 1 aliphatic heterocycles. The Balaban J connectivity index is 2.18. The lowest BCUT2D eigenvalue weighted by Crippen LogP contribution is -2.28. The molecule has 0 aliphatic carbocycles. The number of rotatable bonds is 1. The number of piperidine rings is 1. The van der Waals surface area contributed by atoms with Crippen molar-refractivity contribution in [3.05, 3.63) is 0 Å². The molecule has 0 aromatic rings. The zero-order valence-corrected chi connectivity index (χ0v) is 7.81. The molecule has 0 aromatic carbocycles. The molecule has 1 nitrogen and oxygen atoms in total. The summed E-state index contributed by atoms with van der Waals surface area (Å²) in [5, 5.41) is 0. The van der Waals surface area contributed by atoms with Crippen LogP contribution in [0.4, 0.5) is 0 Å². The average Bonchev–Trinajstić information content (AvgIpc) is 1.90. The second-order valence-electron chi connectivity index (χ2n) is 2.45. The van der Waals surface area contributed by atoms with Gasteiger partial charge in [-0.15, -0.1) is 9.24 Å². The Labute approximate surface area is 63.9 Å². The van der Waals surface area contributed by atoms with E-state index in [0.29, 0.717) is 0 Å². The van der Waals surface area contributed by atoms with E-state index in [-0.39, 0.29) is 0 Å². The SMILES string of the molecule is CSN1CCC(P)CC1. The van der Waals surface area contributed by atoms with Crippen molar-refractivity contribution in [2.45, 2.75) is 18.5 Å². The first-order chi connectivity index (χ1) is 4.33. The molecule has 1 unspecified atom stereocenters. The number of hydrogen-bond donors (Lipinski definition) is 0. The third-order valence-electron chi connectivity index (χ3n) is 1.76. The van der Waals surface area contributed by atoms with Gasteiger partial charge in [-0.3, -0.25) is 4.31 Å². The first-order valence-corrected chi connectivity index (χ1v) is 5.22. The minimum Gasteiger partial charge on any atom is -0.251 e. The van der Waals surface area contributed by atoms with E-state index < -0.39 is 0 Å². The average molecular weight is 163 g/mol. The third kappa shape index (κ3) is 2.45. The molecule has 1 atom stereocenters. The van der Waals surface area contributed by atoms with E-state index in [1.54, 1.807) is 0 Å². The number of nitrogens with zero attached hydrogens (tertiary/aromatic N) is 1. The van der Waals surface area contributed by atoms with Gasteiger partial charge in [0, 0.05) is 13.1 Å². The molecular formula is C6H14NPS. The van der Waals surface area contributed by atoms with Gasteiger partial charge in [0.2, 0.25) is 0 Å². The van der Waals surface area contributed by atoms with Crippen molar-refractivity contribution in [3.8, 4) is 0 Å². The highest BCUT2D eigenvalue weighted by atomic mass is 32.2. The number of hydrogen-bond acceptors (Lipinski definition) is 2. The van der Waals surface area contributed by atoms with Crippen LogP contribution in [0.2, 0.25) is 0 Å². The van der Waals surface area contributed by atoms with Crippen LogP contribution in [0.3, 0.4) is 0 Å². The van der Waals surface area contributed by atoms with Crippen LogP contribution in [0, 0.1) is 0 Å². The Morgan fingerprint density at radius 3 is 2.44 bits per heavy atom. The summed E-state index contributed by atoms with van der Waals surface area (Å²) in [5.41, 5.74) is 0.883. The fourth-order valence-electron chi connectivity index (χ4n) is 1.06. The van der Waals surface area contributed by atoms with Crippen LogP contribution < -0.4 is 0 Å². The second-order valence-corrected chi connectivity index (χ2v) is 4.27. The van der Waals surface area contributed by atoms with E-state index in [1.807, 2.05) is 11.9 Å². The maximum atomic E-state index is 2.91. The lowest BCUT2D eigenvalue weighted by Gasteiger charge is -2.27. The van der Waals surface area contributed by atoms with E-state index in [4.69, 9.17) is 0 Å². The van der Waals surface area contributed by atoms with Crippen LogP contribution in [0.15, 0.2) is 0 Å². The first-order valence-electron chi connectivity index (χ1n) is 3.37. The van der Waals surface area contributed by atoms with Crippen molar-refractivity contribution in [1.29, 1.82) is 0 Å². The molecule has 1 rings (SSSR count). The van der Waals surface area contributed by atoms with Crippen molar-refractivity contribution in [3.63, 3.8) is 0 Å². The summed E-state index contributed by atoms with van der Waals surface area (Å²) < 4.78 is 2.43. The van der Waals surface area contributed by atoms with Crippen LogP contribution in [-0.2, 0) is 0 Å². The molecule has 1 heterocycles. The lowest BCUT2D eigenvalue weighted by atomic mass is 10.2. The fraction of sp³-hybridized carbons (Fsp3) is 1.00. The van der Waals surface area contributed by atoms with Crippen LogP contribution in [0.25, 0.3) is 0 Å². The van der Waals surface area contributed by atoms with Gasteiger partial charge in [-0.1, -0.05) is 11.9 Å². The highest BCUT2D eigenvalue weighted by Gasteiger charge is 2.13.